The van der Waals surface area contributed by atoms with E-state index in [0.29, 0.717) is 19.6 Å². The number of ether oxygens (including phenoxy) is 1. The third-order valence-corrected chi connectivity index (χ3v) is 4.35. The van der Waals surface area contributed by atoms with Crippen LogP contribution in [0.25, 0.3) is 11.0 Å². The molecular weight excluding hydrogens is 495 g/mol. The summed E-state index contributed by atoms with van der Waals surface area (Å²) < 4.78 is 7.67. The van der Waals surface area contributed by atoms with Gasteiger partial charge in [-0.2, -0.15) is 5.10 Å². The van der Waals surface area contributed by atoms with Crippen LogP contribution in [0.2, 0.25) is 0 Å². The van der Waals surface area contributed by atoms with Crippen LogP contribution in [0.4, 0.5) is 5.82 Å². The molecule has 0 spiro atoms. The molecule has 1 atom stereocenters. The fourth-order valence-corrected chi connectivity index (χ4v) is 2.89. The molecule has 0 saturated carbocycles. The molecule has 30 heavy (non-hydrogen) atoms. The van der Waals surface area contributed by atoms with Crippen molar-refractivity contribution in [3.05, 3.63) is 42.4 Å². The molecule has 0 aliphatic rings. The summed E-state index contributed by atoms with van der Waals surface area (Å²) in [5.41, 5.74) is 1.98. The molecule has 10 heteroatoms. The Hall–Kier alpha value is -2.63. The summed E-state index contributed by atoms with van der Waals surface area (Å²) in [7, 11) is 3.61. The van der Waals surface area contributed by atoms with Crippen molar-refractivity contribution in [2.45, 2.75) is 20.0 Å². The van der Waals surface area contributed by atoms with Crippen LogP contribution in [0.5, 0.6) is 5.75 Å². The van der Waals surface area contributed by atoms with Crippen molar-refractivity contribution in [1.82, 2.24) is 30.4 Å². The number of rotatable bonds is 8. The highest BCUT2D eigenvalue weighted by atomic mass is 127. The van der Waals surface area contributed by atoms with Gasteiger partial charge in [-0.05, 0) is 31.5 Å². The summed E-state index contributed by atoms with van der Waals surface area (Å²) in [4.78, 5) is 12.8. The summed E-state index contributed by atoms with van der Waals surface area (Å²) in [5, 5.41) is 15.0. The molecule has 3 N–H and O–H groups in total. The zero-order valence-electron chi connectivity index (χ0n) is 17.7. The van der Waals surface area contributed by atoms with Gasteiger partial charge < -0.3 is 20.7 Å². The van der Waals surface area contributed by atoms with E-state index >= 15 is 0 Å². The van der Waals surface area contributed by atoms with Gasteiger partial charge in [0.2, 0.25) is 0 Å². The molecule has 2 heterocycles. The van der Waals surface area contributed by atoms with Crippen LogP contribution in [0.1, 0.15) is 12.5 Å². The molecule has 1 aromatic carbocycles. The first-order chi connectivity index (χ1) is 14.1. The van der Waals surface area contributed by atoms with E-state index in [1.165, 1.54) is 11.9 Å². The molecule has 162 valence electrons. The van der Waals surface area contributed by atoms with Crippen LogP contribution in [0, 0.1) is 6.92 Å². The molecule has 0 saturated heterocycles. The fraction of sp³-hybridized carbons (Fsp3) is 0.400. The number of guanidine groups is 1. The predicted molar refractivity (Wildman–Crippen MR) is 131 cm³/mol. The molecule has 2 aromatic heterocycles. The van der Waals surface area contributed by atoms with E-state index in [2.05, 4.69) is 49.0 Å². The first-order valence-electron chi connectivity index (χ1n) is 9.61. The van der Waals surface area contributed by atoms with Crippen molar-refractivity contribution in [1.29, 1.82) is 0 Å². The predicted octanol–water partition coefficient (Wildman–Crippen LogP) is 2.33. The van der Waals surface area contributed by atoms with Crippen LogP contribution in [-0.2, 0) is 7.05 Å². The van der Waals surface area contributed by atoms with Gasteiger partial charge in [-0.25, -0.2) is 9.97 Å². The van der Waals surface area contributed by atoms with Crippen molar-refractivity contribution in [2.24, 2.45) is 12.0 Å². The number of benzene rings is 1. The molecule has 0 aliphatic carbocycles. The number of aromatic nitrogens is 4. The molecule has 0 aliphatic heterocycles. The summed E-state index contributed by atoms with van der Waals surface area (Å²) in [6.07, 6.45) is 3.31. The Morgan fingerprint density at radius 2 is 2.07 bits per heavy atom. The third-order valence-electron chi connectivity index (χ3n) is 4.35. The number of anilines is 1. The minimum atomic E-state index is 0. The first kappa shape index (κ1) is 23.6. The fourth-order valence-electron chi connectivity index (χ4n) is 2.89. The minimum absolute atomic E-state index is 0. The number of aliphatic imine (C=N–C) groups is 1. The molecule has 3 aromatic rings. The molecule has 9 nitrogen and oxygen atoms in total. The van der Waals surface area contributed by atoms with E-state index in [1.807, 2.05) is 32.2 Å². The van der Waals surface area contributed by atoms with E-state index < -0.39 is 0 Å². The number of halogens is 1. The second kappa shape index (κ2) is 11.5. The van der Waals surface area contributed by atoms with E-state index in [1.54, 1.807) is 17.9 Å². The lowest BCUT2D eigenvalue weighted by Crippen LogP contribution is -2.43. The lowest BCUT2D eigenvalue weighted by molar-refractivity contribution is 0.223. The normalized spacial score (nSPS) is 12.2. The number of aryl methyl sites for hydroxylation is 2. The second-order valence-electron chi connectivity index (χ2n) is 6.78. The Kier molecular flexibility index (Phi) is 9.09. The summed E-state index contributed by atoms with van der Waals surface area (Å²) in [5.74, 6) is 2.37. The highest BCUT2D eigenvalue weighted by Crippen LogP contribution is 2.17. The van der Waals surface area contributed by atoms with Gasteiger partial charge in [0.1, 0.15) is 24.0 Å². The average molecular weight is 524 g/mol. The number of hydrogen-bond donors (Lipinski definition) is 3. The second-order valence-corrected chi connectivity index (χ2v) is 6.78. The van der Waals surface area contributed by atoms with E-state index in [9.17, 15) is 0 Å². The average Bonchev–Trinajstić information content (AvgIpc) is 3.09. The van der Waals surface area contributed by atoms with Gasteiger partial charge in [-0.15, -0.1) is 24.0 Å². The number of nitrogens with zero attached hydrogens (tertiary/aromatic N) is 5. The van der Waals surface area contributed by atoms with Gasteiger partial charge in [-0.1, -0.05) is 12.1 Å². The van der Waals surface area contributed by atoms with Crippen LogP contribution >= 0.6 is 24.0 Å². The topological polar surface area (TPSA) is 101 Å². The maximum absolute atomic E-state index is 5.94. The van der Waals surface area contributed by atoms with Crippen LogP contribution < -0.4 is 20.7 Å². The molecule has 0 bridgehead atoms. The number of fused-ring (bicyclic) bond motifs is 1. The molecule has 0 amide bonds. The van der Waals surface area contributed by atoms with E-state index in [4.69, 9.17) is 4.74 Å². The Morgan fingerprint density at radius 1 is 1.23 bits per heavy atom. The monoisotopic (exact) mass is 524 g/mol. The Balaban J connectivity index is 0.00000320. The van der Waals surface area contributed by atoms with E-state index in [-0.39, 0.29) is 30.1 Å². The molecular formula is C20H29IN8O. The summed E-state index contributed by atoms with van der Waals surface area (Å²) in [6.45, 7) is 6.08. The Morgan fingerprint density at radius 3 is 2.83 bits per heavy atom. The standard InChI is InChI=1S/C20H28N8O.HI/c1-14-6-5-7-16(10-14)29-15(2)11-24-20(21-3)23-9-8-22-18-17-12-27-28(4)19(17)26-13-25-18;/h5-7,10,12-13,15H,8-9,11H2,1-4H3,(H2,21,23,24)(H,22,25,26);1H. The minimum Gasteiger partial charge on any atom is -0.489 e. The Bertz CT molecular complexity index is 974. The highest BCUT2D eigenvalue weighted by molar-refractivity contribution is 14.0. The largest absolute Gasteiger partial charge is 0.489 e. The van der Waals surface area contributed by atoms with Gasteiger partial charge >= 0.3 is 0 Å². The molecule has 3 rings (SSSR count). The molecule has 0 radical (unpaired) electrons. The molecule has 0 fully saturated rings. The van der Waals surface area contributed by atoms with Crippen molar-refractivity contribution in [2.75, 3.05) is 32.0 Å². The number of nitrogens with one attached hydrogen (secondary N) is 3. The SMILES string of the molecule is CN=C(NCCNc1ncnc2c1cnn2C)NCC(C)Oc1cccc(C)c1.I. The van der Waals surface area contributed by atoms with Gasteiger partial charge in [-0.3, -0.25) is 9.67 Å². The van der Waals surface area contributed by atoms with Crippen LogP contribution in [0.15, 0.2) is 41.8 Å². The summed E-state index contributed by atoms with van der Waals surface area (Å²) >= 11 is 0. The lowest BCUT2D eigenvalue weighted by Gasteiger charge is -2.18. The van der Waals surface area contributed by atoms with Crippen molar-refractivity contribution in [3.8, 4) is 5.75 Å². The van der Waals surface area contributed by atoms with Crippen LogP contribution in [0.3, 0.4) is 0 Å². The zero-order chi connectivity index (χ0) is 20.6. The number of hydrogen-bond acceptors (Lipinski definition) is 6. The maximum atomic E-state index is 5.94. The van der Waals surface area contributed by atoms with Gasteiger partial charge in [0.15, 0.2) is 11.6 Å². The van der Waals surface area contributed by atoms with Crippen molar-refractivity contribution < 1.29 is 4.74 Å². The highest BCUT2D eigenvalue weighted by Gasteiger charge is 2.08. The van der Waals surface area contributed by atoms with Gasteiger partial charge in [0.05, 0.1) is 18.1 Å². The molecule has 1 unspecified atom stereocenters. The lowest BCUT2D eigenvalue weighted by atomic mass is 10.2. The maximum Gasteiger partial charge on any atom is 0.191 e. The smallest absolute Gasteiger partial charge is 0.191 e. The van der Waals surface area contributed by atoms with Gasteiger partial charge in [0.25, 0.3) is 0 Å². The van der Waals surface area contributed by atoms with E-state index in [0.717, 1.165) is 28.6 Å². The third kappa shape index (κ3) is 6.44. The van der Waals surface area contributed by atoms with Crippen molar-refractivity contribution >= 4 is 46.8 Å². The summed E-state index contributed by atoms with van der Waals surface area (Å²) in [6, 6.07) is 8.04. The van der Waals surface area contributed by atoms with Crippen molar-refractivity contribution in [3.63, 3.8) is 0 Å². The quantitative estimate of drug-likeness (QED) is 0.180. The first-order valence-corrected chi connectivity index (χ1v) is 9.61. The van der Waals surface area contributed by atoms with Crippen LogP contribution in [-0.4, -0.2) is 58.5 Å². The zero-order valence-corrected chi connectivity index (χ0v) is 20.0. The Labute approximate surface area is 193 Å². The van der Waals surface area contributed by atoms with Gasteiger partial charge in [0, 0.05) is 27.2 Å².